The molecule has 0 unspecified atom stereocenters. The predicted octanol–water partition coefficient (Wildman–Crippen LogP) is 2.90. The van der Waals surface area contributed by atoms with Gasteiger partial charge in [-0.3, -0.25) is 4.79 Å². The highest BCUT2D eigenvalue weighted by Crippen LogP contribution is 2.26. The molecule has 0 aliphatic carbocycles. The van der Waals surface area contributed by atoms with E-state index in [1.165, 1.54) is 4.88 Å². The van der Waals surface area contributed by atoms with Crippen molar-refractivity contribution in [1.29, 1.82) is 0 Å². The summed E-state index contributed by atoms with van der Waals surface area (Å²) in [5.74, 6) is -0.242. The van der Waals surface area contributed by atoms with Crippen molar-refractivity contribution < 1.29 is 4.79 Å². The second kappa shape index (κ2) is 5.67. The van der Waals surface area contributed by atoms with Gasteiger partial charge in [-0.2, -0.15) is 0 Å². The number of halogens is 1. The van der Waals surface area contributed by atoms with E-state index < -0.39 is 0 Å². The second-order valence-electron chi connectivity index (χ2n) is 4.79. The number of nitrogens with one attached hydrogen (secondary N) is 1. The van der Waals surface area contributed by atoms with Crippen molar-refractivity contribution >= 4 is 28.8 Å². The lowest BCUT2D eigenvalue weighted by atomic mass is 9.91. The molecule has 0 atom stereocenters. The molecule has 0 spiro atoms. The number of hydrogen-bond donors (Lipinski definition) is 1. The number of thiophene rings is 1. The summed E-state index contributed by atoms with van der Waals surface area (Å²) in [6, 6.07) is 7.18. The van der Waals surface area contributed by atoms with Gasteiger partial charge in [-0.25, -0.2) is 0 Å². The Kier molecular flexibility index (Phi) is 4.17. The van der Waals surface area contributed by atoms with Crippen LogP contribution < -0.4 is 5.32 Å². The number of amides is 1. The van der Waals surface area contributed by atoms with Gasteiger partial charge in [0, 0.05) is 16.8 Å². The highest BCUT2D eigenvalue weighted by Gasteiger charge is 2.23. The minimum atomic E-state index is -0.242. The Morgan fingerprint density at radius 1 is 1.37 bits per heavy atom. The molecule has 0 saturated carbocycles. The topological polar surface area (TPSA) is 54.9 Å². The van der Waals surface area contributed by atoms with Crippen LogP contribution in [0.5, 0.6) is 0 Å². The van der Waals surface area contributed by atoms with Crippen molar-refractivity contribution in [2.75, 3.05) is 6.54 Å². The molecule has 1 amide bonds. The molecule has 0 aliphatic rings. The number of carbonyl (C=O) groups is 1. The van der Waals surface area contributed by atoms with Crippen LogP contribution in [-0.4, -0.2) is 22.6 Å². The number of nitrogens with zero attached hydrogens (tertiary/aromatic N) is 2. The Morgan fingerprint density at radius 2 is 2.16 bits per heavy atom. The van der Waals surface area contributed by atoms with E-state index in [0.29, 0.717) is 6.54 Å². The van der Waals surface area contributed by atoms with E-state index in [1.54, 1.807) is 23.5 Å². The van der Waals surface area contributed by atoms with E-state index >= 15 is 0 Å². The molecule has 100 valence electrons. The van der Waals surface area contributed by atoms with Gasteiger partial charge in [0.2, 0.25) is 0 Å². The fraction of sp³-hybridized carbons (Fsp3) is 0.308. The molecule has 0 bridgehead atoms. The van der Waals surface area contributed by atoms with Crippen LogP contribution >= 0.6 is 22.9 Å². The van der Waals surface area contributed by atoms with Crippen LogP contribution in [0.25, 0.3) is 0 Å². The van der Waals surface area contributed by atoms with E-state index in [4.69, 9.17) is 11.6 Å². The maximum Gasteiger partial charge on any atom is 0.271 e. The summed E-state index contributed by atoms with van der Waals surface area (Å²) in [5, 5.41) is 12.6. The van der Waals surface area contributed by atoms with Gasteiger partial charge in [-0.05, 0) is 23.6 Å². The van der Waals surface area contributed by atoms with Crippen molar-refractivity contribution in [2.24, 2.45) is 0 Å². The summed E-state index contributed by atoms with van der Waals surface area (Å²) in [4.78, 5) is 13.2. The molecule has 6 heteroatoms. The molecule has 0 saturated heterocycles. The van der Waals surface area contributed by atoms with Crippen molar-refractivity contribution in [1.82, 2.24) is 15.5 Å². The fourth-order valence-corrected chi connectivity index (χ4v) is 2.53. The molecule has 2 heterocycles. The van der Waals surface area contributed by atoms with Crippen LogP contribution in [0.1, 0.15) is 29.2 Å². The maximum absolute atomic E-state index is 11.9. The summed E-state index contributed by atoms with van der Waals surface area (Å²) in [6.45, 7) is 4.72. The molecule has 2 aromatic rings. The third-order valence-electron chi connectivity index (χ3n) is 2.74. The fourth-order valence-electron chi connectivity index (χ4n) is 1.58. The minimum absolute atomic E-state index is 0.107. The van der Waals surface area contributed by atoms with E-state index in [1.807, 2.05) is 11.4 Å². The van der Waals surface area contributed by atoms with Crippen LogP contribution in [0.3, 0.4) is 0 Å². The lowest BCUT2D eigenvalue weighted by Crippen LogP contribution is -2.36. The monoisotopic (exact) mass is 295 g/mol. The molecule has 0 radical (unpaired) electrons. The van der Waals surface area contributed by atoms with Crippen LogP contribution in [0.4, 0.5) is 0 Å². The molecule has 0 aliphatic heterocycles. The molecule has 0 fully saturated rings. The quantitative estimate of drug-likeness (QED) is 0.943. The molecular formula is C13H14ClN3OS. The summed E-state index contributed by atoms with van der Waals surface area (Å²) in [5.41, 5.74) is 0.162. The second-order valence-corrected chi connectivity index (χ2v) is 6.12. The number of rotatable bonds is 4. The van der Waals surface area contributed by atoms with E-state index in [2.05, 4.69) is 35.4 Å². The lowest BCUT2D eigenvalue weighted by Gasteiger charge is -2.23. The van der Waals surface area contributed by atoms with Gasteiger partial charge in [0.1, 0.15) is 0 Å². The Bertz CT molecular complexity index is 552. The van der Waals surface area contributed by atoms with E-state index in [9.17, 15) is 4.79 Å². The first kappa shape index (κ1) is 14.0. The van der Waals surface area contributed by atoms with Gasteiger partial charge in [-0.1, -0.05) is 31.5 Å². The normalized spacial score (nSPS) is 11.3. The molecule has 2 rings (SSSR count). The Morgan fingerprint density at radius 3 is 2.74 bits per heavy atom. The average molecular weight is 296 g/mol. The van der Waals surface area contributed by atoms with Crippen LogP contribution in [0.15, 0.2) is 29.6 Å². The molecule has 0 aromatic carbocycles. The van der Waals surface area contributed by atoms with Crippen molar-refractivity contribution in [3.8, 4) is 0 Å². The zero-order chi connectivity index (χ0) is 13.9. The Balaban J connectivity index is 1.99. The lowest BCUT2D eigenvalue weighted by molar-refractivity contribution is 0.0940. The Hall–Kier alpha value is -1.46. The summed E-state index contributed by atoms with van der Waals surface area (Å²) in [6.07, 6.45) is 0. The summed E-state index contributed by atoms with van der Waals surface area (Å²) >= 11 is 7.31. The van der Waals surface area contributed by atoms with Gasteiger partial charge in [0.15, 0.2) is 10.8 Å². The standard InChI is InChI=1S/C13H14ClN3OS/c1-13(2,10-4-3-7-19-10)8-15-12(18)9-5-6-11(14)17-16-9/h3-7H,8H2,1-2H3,(H,15,18). The molecular weight excluding hydrogens is 282 g/mol. The first-order valence-electron chi connectivity index (χ1n) is 5.80. The van der Waals surface area contributed by atoms with Crippen LogP contribution in [0, 0.1) is 0 Å². The average Bonchev–Trinajstić information content (AvgIpc) is 2.91. The Labute approximate surface area is 120 Å². The zero-order valence-electron chi connectivity index (χ0n) is 10.7. The first-order valence-corrected chi connectivity index (χ1v) is 7.06. The van der Waals surface area contributed by atoms with Gasteiger partial charge in [-0.15, -0.1) is 21.5 Å². The molecule has 4 nitrogen and oxygen atoms in total. The van der Waals surface area contributed by atoms with Crippen LogP contribution in [-0.2, 0) is 5.41 Å². The van der Waals surface area contributed by atoms with E-state index in [0.717, 1.165) is 0 Å². The molecule has 19 heavy (non-hydrogen) atoms. The first-order chi connectivity index (χ1) is 8.99. The minimum Gasteiger partial charge on any atom is -0.350 e. The summed E-state index contributed by atoms with van der Waals surface area (Å²) in [7, 11) is 0. The highest BCUT2D eigenvalue weighted by atomic mass is 35.5. The zero-order valence-corrected chi connectivity index (χ0v) is 12.3. The van der Waals surface area contributed by atoms with E-state index in [-0.39, 0.29) is 22.2 Å². The SMILES string of the molecule is CC(C)(CNC(=O)c1ccc(Cl)nn1)c1cccs1. The predicted molar refractivity (Wildman–Crippen MR) is 76.7 cm³/mol. The molecule has 1 N–H and O–H groups in total. The number of aromatic nitrogens is 2. The van der Waals surface area contributed by atoms with Gasteiger partial charge in [0.25, 0.3) is 5.91 Å². The van der Waals surface area contributed by atoms with Gasteiger partial charge >= 0.3 is 0 Å². The highest BCUT2D eigenvalue weighted by molar-refractivity contribution is 7.10. The van der Waals surface area contributed by atoms with Crippen molar-refractivity contribution in [2.45, 2.75) is 19.3 Å². The maximum atomic E-state index is 11.9. The largest absolute Gasteiger partial charge is 0.350 e. The third kappa shape index (κ3) is 3.52. The third-order valence-corrected chi connectivity index (χ3v) is 4.18. The smallest absolute Gasteiger partial charge is 0.271 e. The van der Waals surface area contributed by atoms with Crippen molar-refractivity contribution in [3.63, 3.8) is 0 Å². The number of hydrogen-bond acceptors (Lipinski definition) is 4. The van der Waals surface area contributed by atoms with Gasteiger partial charge in [0.05, 0.1) is 0 Å². The van der Waals surface area contributed by atoms with Gasteiger partial charge < -0.3 is 5.32 Å². The number of carbonyl (C=O) groups excluding carboxylic acids is 1. The molecule has 2 aromatic heterocycles. The van der Waals surface area contributed by atoms with Crippen LogP contribution in [0.2, 0.25) is 5.15 Å². The van der Waals surface area contributed by atoms with Crippen molar-refractivity contribution in [3.05, 3.63) is 45.4 Å². The summed E-state index contributed by atoms with van der Waals surface area (Å²) < 4.78 is 0.